The molecule has 0 amide bonds. The van der Waals surface area contributed by atoms with Crippen molar-refractivity contribution < 1.29 is 0 Å². The Bertz CT molecular complexity index is 744. The second-order valence-electron chi connectivity index (χ2n) is 6.50. The number of nitriles is 1. The van der Waals surface area contributed by atoms with Gasteiger partial charge in [-0.05, 0) is 42.0 Å². The van der Waals surface area contributed by atoms with Gasteiger partial charge in [0.25, 0.3) is 0 Å². The first-order valence-corrected chi connectivity index (χ1v) is 8.77. The van der Waals surface area contributed by atoms with Crippen molar-refractivity contribution in [1.29, 1.82) is 5.26 Å². The lowest BCUT2D eigenvalue weighted by Gasteiger charge is -2.22. The van der Waals surface area contributed by atoms with Crippen LogP contribution in [0, 0.1) is 17.2 Å². The highest BCUT2D eigenvalue weighted by Crippen LogP contribution is 2.21. The number of aliphatic imine (C=N–C) groups is 1. The van der Waals surface area contributed by atoms with E-state index in [2.05, 4.69) is 51.6 Å². The SMILES string of the molecule is CN=C(NCc1ccc(C#N)cc1)N1CCC(Cc2ccccc2)C1. The highest BCUT2D eigenvalue weighted by atomic mass is 15.3. The molecule has 0 spiro atoms. The van der Waals surface area contributed by atoms with Crippen LogP contribution in [0.4, 0.5) is 0 Å². The summed E-state index contributed by atoms with van der Waals surface area (Å²) in [6, 6.07) is 20.5. The Balaban J connectivity index is 1.52. The summed E-state index contributed by atoms with van der Waals surface area (Å²) in [5, 5.41) is 12.3. The Morgan fingerprint density at radius 2 is 1.92 bits per heavy atom. The molecule has 1 aliphatic rings. The van der Waals surface area contributed by atoms with Crippen LogP contribution in [0.3, 0.4) is 0 Å². The van der Waals surface area contributed by atoms with Gasteiger partial charge >= 0.3 is 0 Å². The lowest BCUT2D eigenvalue weighted by molar-refractivity contribution is 0.460. The van der Waals surface area contributed by atoms with E-state index < -0.39 is 0 Å². The molecule has 0 aromatic heterocycles. The van der Waals surface area contributed by atoms with Crippen molar-refractivity contribution in [2.24, 2.45) is 10.9 Å². The van der Waals surface area contributed by atoms with E-state index in [1.165, 1.54) is 12.0 Å². The minimum Gasteiger partial charge on any atom is -0.352 e. The summed E-state index contributed by atoms with van der Waals surface area (Å²) in [6.07, 6.45) is 2.33. The number of rotatable bonds is 4. The normalized spacial score (nSPS) is 17.4. The molecule has 4 nitrogen and oxygen atoms in total. The Morgan fingerprint density at radius 1 is 1.16 bits per heavy atom. The van der Waals surface area contributed by atoms with E-state index in [1.807, 2.05) is 31.3 Å². The summed E-state index contributed by atoms with van der Waals surface area (Å²) >= 11 is 0. The smallest absolute Gasteiger partial charge is 0.193 e. The van der Waals surface area contributed by atoms with Crippen molar-refractivity contribution in [3.63, 3.8) is 0 Å². The van der Waals surface area contributed by atoms with Gasteiger partial charge in [0.05, 0.1) is 11.6 Å². The van der Waals surface area contributed by atoms with Gasteiger partial charge in [0.15, 0.2) is 5.96 Å². The molecular formula is C21H24N4. The Labute approximate surface area is 149 Å². The van der Waals surface area contributed by atoms with Gasteiger partial charge in [-0.1, -0.05) is 42.5 Å². The second-order valence-corrected chi connectivity index (χ2v) is 6.50. The zero-order valence-corrected chi connectivity index (χ0v) is 14.7. The first-order chi connectivity index (χ1) is 12.3. The molecule has 1 saturated heterocycles. The second kappa shape index (κ2) is 8.34. The van der Waals surface area contributed by atoms with Crippen molar-refractivity contribution in [2.45, 2.75) is 19.4 Å². The molecule has 0 radical (unpaired) electrons. The van der Waals surface area contributed by atoms with Gasteiger partial charge in [-0.3, -0.25) is 4.99 Å². The lowest BCUT2D eigenvalue weighted by Crippen LogP contribution is -2.39. The summed E-state index contributed by atoms with van der Waals surface area (Å²) in [6.45, 7) is 2.81. The van der Waals surface area contributed by atoms with Gasteiger partial charge in [0.2, 0.25) is 0 Å². The van der Waals surface area contributed by atoms with Gasteiger partial charge < -0.3 is 10.2 Å². The molecule has 0 aliphatic carbocycles. The fourth-order valence-corrected chi connectivity index (χ4v) is 3.35. The van der Waals surface area contributed by atoms with E-state index >= 15 is 0 Å². The molecule has 0 saturated carbocycles. The molecule has 2 aromatic carbocycles. The molecule has 1 atom stereocenters. The number of guanidine groups is 1. The number of hydrogen-bond acceptors (Lipinski definition) is 2. The van der Waals surface area contributed by atoms with Gasteiger partial charge in [-0.15, -0.1) is 0 Å². The maximum Gasteiger partial charge on any atom is 0.193 e. The lowest BCUT2D eigenvalue weighted by atomic mass is 9.99. The number of benzene rings is 2. The van der Waals surface area contributed by atoms with Crippen LogP contribution >= 0.6 is 0 Å². The predicted molar refractivity (Wildman–Crippen MR) is 101 cm³/mol. The topological polar surface area (TPSA) is 51.4 Å². The van der Waals surface area contributed by atoms with Crippen LogP contribution in [0.1, 0.15) is 23.1 Å². The Hall–Kier alpha value is -2.80. The fourth-order valence-electron chi connectivity index (χ4n) is 3.35. The first-order valence-electron chi connectivity index (χ1n) is 8.77. The monoisotopic (exact) mass is 332 g/mol. The van der Waals surface area contributed by atoms with Gasteiger partial charge in [0.1, 0.15) is 0 Å². The van der Waals surface area contributed by atoms with E-state index in [1.54, 1.807) is 0 Å². The third-order valence-corrected chi connectivity index (χ3v) is 4.70. The molecule has 1 heterocycles. The van der Waals surface area contributed by atoms with Crippen molar-refractivity contribution in [1.82, 2.24) is 10.2 Å². The molecular weight excluding hydrogens is 308 g/mol. The van der Waals surface area contributed by atoms with Crippen LogP contribution in [0.25, 0.3) is 0 Å². The zero-order chi connectivity index (χ0) is 17.5. The summed E-state index contributed by atoms with van der Waals surface area (Å²) in [5.74, 6) is 1.63. The van der Waals surface area contributed by atoms with Crippen LogP contribution in [-0.4, -0.2) is 31.0 Å². The zero-order valence-electron chi connectivity index (χ0n) is 14.7. The average Bonchev–Trinajstić information content (AvgIpc) is 3.12. The highest BCUT2D eigenvalue weighted by Gasteiger charge is 2.24. The van der Waals surface area contributed by atoms with Crippen LogP contribution in [0.15, 0.2) is 59.6 Å². The van der Waals surface area contributed by atoms with E-state index in [4.69, 9.17) is 5.26 Å². The van der Waals surface area contributed by atoms with Crippen molar-refractivity contribution >= 4 is 5.96 Å². The first kappa shape index (κ1) is 17.0. The van der Waals surface area contributed by atoms with Crippen molar-refractivity contribution in [2.75, 3.05) is 20.1 Å². The third kappa shape index (κ3) is 4.60. The minimum atomic E-state index is 0.677. The Morgan fingerprint density at radius 3 is 2.60 bits per heavy atom. The van der Waals surface area contributed by atoms with Crippen molar-refractivity contribution in [3.05, 3.63) is 71.3 Å². The minimum absolute atomic E-state index is 0.677. The number of nitrogens with one attached hydrogen (secondary N) is 1. The number of hydrogen-bond donors (Lipinski definition) is 1. The largest absolute Gasteiger partial charge is 0.352 e. The maximum atomic E-state index is 8.87. The maximum absolute atomic E-state index is 8.87. The summed E-state index contributed by atoms with van der Waals surface area (Å²) in [4.78, 5) is 6.78. The third-order valence-electron chi connectivity index (χ3n) is 4.70. The molecule has 1 unspecified atom stereocenters. The summed E-state index contributed by atoms with van der Waals surface area (Å²) < 4.78 is 0. The average molecular weight is 332 g/mol. The molecule has 2 aromatic rings. The molecule has 3 rings (SSSR count). The van der Waals surface area contributed by atoms with Crippen LogP contribution in [-0.2, 0) is 13.0 Å². The van der Waals surface area contributed by atoms with Crippen LogP contribution in [0.5, 0.6) is 0 Å². The summed E-state index contributed by atoms with van der Waals surface area (Å²) in [7, 11) is 1.84. The van der Waals surface area contributed by atoms with Gasteiger partial charge in [-0.25, -0.2) is 0 Å². The van der Waals surface area contributed by atoms with E-state index in [-0.39, 0.29) is 0 Å². The standard InChI is InChI=1S/C21H24N4/c1-23-21(24-15-19-9-7-18(14-22)8-10-19)25-12-11-20(16-25)13-17-5-3-2-4-6-17/h2-10,20H,11-13,15-16H2,1H3,(H,23,24). The quantitative estimate of drug-likeness (QED) is 0.691. The predicted octanol–water partition coefficient (Wildman–Crippen LogP) is 3.20. The number of likely N-dealkylation sites (tertiary alicyclic amines) is 1. The molecule has 4 heteroatoms. The van der Waals surface area contributed by atoms with Gasteiger partial charge in [0, 0.05) is 26.7 Å². The molecule has 1 aliphatic heterocycles. The van der Waals surface area contributed by atoms with Crippen LogP contribution in [0.2, 0.25) is 0 Å². The molecule has 0 bridgehead atoms. The highest BCUT2D eigenvalue weighted by molar-refractivity contribution is 5.80. The van der Waals surface area contributed by atoms with Gasteiger partial charge in [-0.2, -0.15) is 5.26 Å². The van der Waals surface area contributed by atoms with E-state index in [0.29, 0.717) is 11.5 Å². The number of nitrogens with zero attached hydrogens (tertiary/aromatic N) is 3. The molecule has 128 valence electrons. The van der Waals surface area contributed by atoms with E-state index in [0.717, 1.165) is 37.6 Å². The van der Waals surface area contributed by atoms with Crippen molar-refractivity contribution in [3.8, 4) is 6.07 Å². The summed E-state index contributed by atoms with van der Waals surface area (Å²) in [5.41, 5.74) is 3.26. The fraction of sp³-hybridized carbons (Fsp3) is 0.333. The molecule has 25 heavy (non-hydrogen) atoms. The van der Waals surface area contributed by atoms with Crippen LogP contribution < -0.4 is 5.32 Å². The van der Waals surface area contributed by atoms with E-state index in [9.17, 15) is 0 Å². The molecule has 1 fully saturated rings. The molecule has 1 N–H and O–H groups in total. The Kier molecular flexibility index (Phi) is 5.69.